The summed E-state index contributed by atoms with van der Waals surface area (Å²) in [6.07, 6.45) is 5.44. The lowest BCUT2D eigenvalue weighted by Gasteiger charge is -2.35. The summed E-state index contributed by atoms with van der Waals surface area (Å²) >= 11 is 0. The smallest absolute Gasteiger partial charge is 0.404 e. The first kappa shape index (κ1) is 22.5. The van der Waals surface area contributed by atoms with Crippen LogP contribution in [0.1, 0.15) is 37.8 Å². The van der Waals surface area contributed by atoms with Crippen LogP contribution in [0.25, 0.3) is 11.1 Å². The van der Waals surface area contributed by atoms with Gasteiger partial charge in [0, 0.05) is 42.7 Å². The molecule has 8 heteroatoms. The van der Waals surface area contributed by atoms with Crippen LogP contribution in [0.15, 0.2) is 35.7 Å². The zero-order chi connectivity index (χ0) is 22.4. The molecule has 0 saturated carbocycles. The zero-order valence-electron chi connectivity index (χ0n) is 18.1. The fourth-order valence-electron chi connectivity index (χ4n) is 3.73. The van der Waals surface area contributed by atoms with Crippen molar-refractivity contribution in [2.75, 3.05) is 24.6 Å². The first-order valence-corrected chi connectivity index (χ1v) is 10.5. The number of carbonyl (C=O) groups is 1. The van der Waals surface area contributed by atoms with Crippen LogP contribution in [0.4, 0.5) is 14.9 Å². The molecule has 1 aromatic carbocycles. The summed E-state index contributed by atoms with van der Waals surface area (Å²) in [6.45, 7) is 7.77. The second-order valence-electron chi connectivity index (χ2n) is 8.28. The van der Waals surface area contributed by atoms with E-state index in [0.717, 1.165) is 27.9 Å². The van der Waals surface area contributed by atoms with E-state index in [4.69, 9.17) is 9.94 Å². The summed E-state index contributed by atoms with van der Waals surface area (Å²) in [5.41, 5.74) is 4.03. The molecule has 0 bridgehead atoms. The molecule has 1 fully saturated rings. The largest absolute Gasteiger partial charge is 0.465 e. The molecule has 0 spiro atoms. The maximum Gasteiger partial charge on any atom is 0.404 e. The molecule has 1 aliphatic heterocycles. The number of aryl methyl sites for hydroxylation is 1. The molecule has 31 heavy (non-hydrogen) atoms. The highest BCUT2D eigenvalue weighted by Crippen LogP contribution is 2.35. The van der Waals surface area contributed by atoms with Gasteiger partial charge in [-0.25, -0.2) is 9.18 Å². The number of halogens is 1. The minimum absolute atomic E-state index is 0.0815. The number of benzene rings is 1. The van der Waals surface area contributed by atoms with E-state index in [-0.39, 0.29) is 11.9 Å². The van der Waals surface area contributed by atoms with E-state index >= 15 is 0 Å². The molecule has 3 rings (SSSR count). The van der Waals surface area contributed by atoms with Gasteiger partial charge in [-0.2, -0.15) is 0 Å². The SMILES string of the molecule is Cc1cc(F)cc(-c2cncc(/C=N/OCC(C)C)c2N2CCC(NC(=O)O)CC2)c1. The number of aromatic nitrogens is 1. The van der Waals surface area contributed by atoms with Gasteiger partial charge in [-0.3, -0.25) is 4.98 Å². The number of carboxylic acid groups (broad SMARTS) is 1. The number of rotatable bonds is 7. The van der Waals surface area contributed by atoms with Crippen LogP contribution in [-0.4, -0.2) is 48.1 Å². The van der Waals surface area contributed by atoms with Gasteiger partial charge in [0.25, 0.3) is 0 Å². The third-order valence-corrected chi connectivity index (χ3v) is 5.11. The van der Waals surface area contributed by atoms with Crippen LogP contribution in [0, 0.1) is 18.7 Å². The number of pyridine rings is 1. The molecule has 0 aliphatic carbocycles. The van der Waals surface area contributed by atoms with Gasteiger partial charge >= 0.3 is 6.09 Å². The summed E-state index contributed by atoms with van der Waals surface area (Å²) in [5.74, 6) is 0.0572. The van der Waals surface area contributed by atoms with Crippen molar-refractivity contribution in [3.8, 4) is 11.1 Å². The predicted octanol–water partition coefficient (Wildman–Crippen LogP) is 4.44. The van der Waals surface area contributed by atoms with Crippen molar-refractivity contribution in [2.45, 2.75) is 39.7 Å². The van der Waals surface area contributed by atoms with Gasteiger partial charge in [0.1, 0.15) is 12.4 Å². The predicted molar refractivity (Wildman–Crippen MR) is 119 cm³/mol. The molecule has 2 aromatic rings. The number of nitrogens with zero attached hydrogens (tertiary/aromatic N) is 3. The number of nitrogens with one attached hydrogen (secondary N) is 1. The molecule has 1 amide bonds. The van der Waals surface area contributed by atoms with E-state index in [9.17, 15) is 9.18 Å². The van der Waals surface area contributed by atoms with Crippen LogP contribution >= 0.6 is 0 Å². The van der Waals surface area contributed by atoms with Gasteiger partial charge in [0.2, 0.25) is 0 Å². The minimum atomic E-state index is -1.01. The number of amides is 1. The summed E-state index contributed by atoms with van der Waals surface area (Å²) in [7, 11) is 0. The Bertz CT molecular complexity index is 920. The molecular weight excluding hydrogens is 399 g/mol. The van der Waals surface area contributed by atoms with Crippen molar-refractivity contribution >= 4 is 18.0 Å². The Balaban J connectivity index is 1.95. The lowest BCUT2D eigenvalue weighted by molar-refractivity contribution is 0.120. The average molecular weight is 429 g/mol. The third kappa shape index (κ3) is 6.16. The third-order valence-electron chi connectivity index (χ3n) is 5.11. The van der Waals surface area contributed by atoms with Crippen molar-refractivity contribution in [1.29, 1.82) is 0 Å². The second kappa shape index (κ2) is 10.2. The highest BCUT2D eigenvalue weighted by Gasteiger charge is 2.24. The van der Waals surface area contributed by atoms with Gasteiger partial charge in [-0.1, -0.05) is 25.1 Å². The molecule has 0 radical (unpaired) electrons. The molecule has 2 heterocycles. The van der Waals surface area contributed by atoms with Crippen molar-refractivity contribution in [2.24, 2.45) is 11.1 Å². The van der Waals surface area contributed by atoms with Crippen molar-refractivity contribution in [1.82, 2.24) is 10.3 Å². The molecule has 2 N–H and O–H groups in total. The Kier molecular flexibility index (Phi) is 7.44. The van der Waals surface area contributed by atoms with Crippen LogP contribution in [0.5, 0.6) is 0 Å². The molecule has 0 atom stereocenters. The fraction of sp³-hybridized carbons (Fsp3) is 0.435. The van der Waals surface area contributed by atoms with E-state index in [1.54, 1.807) is 18.6 Å². The van der Waals surface area contributed by atoms with E-state index in [0.29, 0.717) is 38.5 Å². The first-order valence-electron chi connectivity index (χ1n) is 10.5. The quantitative estimate of drug-likeness (QED) is 0.503. The Morgan fingerprint density at radius 1 is 1.35 bits per heavy atom. The summed E-state index contributed by atoms with van der Waals surface area (Å²) < 4.78 is 14.1. The Hall–Kier alpha value is -3.16. The van der Waals surface area contributed by atoms with E-state index in [1.165, 1.54) is 12.1 Å². The van der Waals surface area contributed by atoms with Crippen LogP contribution in [0.2, 0.25) is 0 Å². The maximum absolute atomic E-state index is 14.1. The summed E-state index contributed by atoms with van der Waals surface area (Å²) in [6, 6.07) is 4.84. The lowest BCUT2D eigenvalue weighted by Crippen LogP contribution is -2.44. The molecule has 1 saturated heterocycles. The van der Waals surface area contributed by atoms with Crippen molar-refractivity contribution in [3.63, 3.8) is 0 Å². The number of anilines is 1. The highest BCUT2D eigenvalue weighted by molar-refractivity contribution is 5.94. The molecule has 1 aliphatic rings. The highest BCUT2D eigenvalue weighted by atomic mass is 19.1. The number of hydrogen-bond donors (Lipinski definition) is 2. The molecule has 0 unspecified atom stereocenters. The Morgan fingerprint density at radius 2 is 2.10 bits per heavy atom. The number of oxime groups is 1. The van der Waals surface area contributed by atoms with Gasteiger partial charge in [-0.15, -0.1) is 0 Å². The van der Waals surface area contributed by atoms with Gasteiger partial charge in [0.15, 0.2) is 0 Å². The maximum atomic E-state index is 14.1. The average Bonchev–Trinajstić information content (AvgIpc) is 2.70. The molecule has 166 valence electrons. The van der Waals surface area contributed by atoms with Gasteiger partial charge in [0.05, 0.1) is 11.9 Å². The zero-order valence-corrected chi connectivity index (χ0v) is 18.1. The topological polar surface area (TPSA) is 87.1 Å². The standard InChI is InChI=1S/C23H29FN4O3/c1-15(2)14-31-26-12-18-11-25-13-21(17-8-16(3)9-19(24)10-17)22(18)28-6-4-20(5-7-28)27-23(29)30/h8-13,15,20,27H,4-7,14H2,1-3H3,(H,29,30)/b26-12+. The van der Waals surface area contributed by atoms with Gasteiger partial charge in [-0.05, 0) is 48.9 Å². The first-order chi connectivity index (χ1) is 14.8. The minimum Gasteiger partial charge on any atom is -0.465 e. The van der Waals surface area contributed by atoms with E-state index < -0.39 is 6.09 Å². The molecule has 1 aromatic heterocycles. The summed E-state index contributed by atoms with van der Waals surface area (Å²) in [4.78, 5) is 22.9. The summed E-state index contributed by atoms with van der Waals surface area (Å²) in [5, 5.41) is 15.7. The van der Waals surface area contributed by atoms with Crippen LogP contribution < -0.4 is 10.2 Å². The Labute approximate surface area is 181 Å². The van der Waals surface area contributed by atoms with E-state index in [2.05, 4.69) is 20.4 Å². The van der Waals surface area contributed by atoms with Crippen molar-refractivity contribution in [3.05, 3.63) is 47.5 Å². The van der Waals surface area contributed by atoms with Gasteiger partial charge < -0.3 is 20.2 Å². The normalized spacial score (nSPS) is 14.9. The Morgan fingerprint density at radius 3 is 2.74 bits per heavy atom. The molecule has 7 nitrogen and oxygen atoms in total. The molecular formula is C23H29FN4O3. The van der Waals surface area contributed by atoms with E-state index in [1.807, 2.05) is 26.8 Å². The van der Waals surface area contributed by atoms with Crippen molar-refractivity contribution < 1.29 is 19.1 Å². The lowest BCUT2D eigenvalue weighted by atomic mass is 9.97. The number of piperidine rings is 1. The fourth-order valence-corrected chi connectivity index (χ4v) is 3.73. The van der Waals surface area contributed by atoms with Crippen LogP contribution in [0.3, 0.4) is 0 Å². The second-order valence-corrected chi connectivity index (χ2v) is 8.28. The number of hydrogen-bond acceptors (Lipinski definition) is 5. The monoisotopic (exact) mass is 428 g/mol. The van der Waals surface area contributed by atoms with Crippen LogP contribution in [-0.2, 0) is 4.84 Å².